The third kappa shape index (κ3) is 4.32. The largest absolute Gasteiger partial charge is 0.496 e. The molecule has 1 atom stereocenters. The van der Waals surface area contributed by atoms with E-state index in [-0.39, 0.29) is 11.9 Å². The molecule has 0 saturated carbocycles. The second kappa shape index (κ2) is 9.46. The molecule has 0 amide bonds. The summed E-state index contributed by atoms with van der Waals surface area (Å²) >= 11 is 0. The third-order valence-corrected chi connectivity index (χ3v) is 7.03. The van der Waals surface area contributed by atoms with Gasteiger partial charge in [-0.25, -0.2) is 4.39 Å². The van der Waals surface area contributed by atoms with Crippen LogP contribution in [0.5, 0.6) is 5.75 Å². The lowest BCUT2D eigenvalue weighted by Gasteiger charge is -2.41. The number of nitrogens with zero attached hydrogens (tertiary/aromatic N) is 3. The number of piperidine rings is 1. The monoisotopic (exact) mass is 437 g/mol. The Morgan fingerprint density at radius 1 is 1.06 bits per heavy atom. The van der Waals surface area contributed by atoms with Crippen LogP contribution in [0.15, 0.2) is 42.7 Å². The van der Waals surface area contributed by atoms with Crippen LogP contribution in [0.25, 0.3) is 5.57 Å². The minimum Gasteiger partial charge on any atom is -0.496 e. The van der Waals surface area contributed by atoms with Crippen LogP contribution < -0.4 is 20.3 Å². The molecule has 5 rings (SSSR count). The van der Waals surface area contributed by atoms with E-state index in [1.807, 2.05) is 12.4 Å². The smallest absolute Gasteiger partial charge is 0.134 e. The van der Waals surface area contributed by atoms with E-state index in [9.17, 15) is 4.39 Å². The lowest BCUT2D eigenvalue weighted by molar-refractivity contribution is 0.153. The highest BCUT2D eigenvalue weighted by Gasteiger charge is 2.27. The van der Waals surface area contributed by atoms with Crippen LogP contribution in [0.1, 0.15) is 36.6 Å². The first-order valence-electron chi connectivity index (χ1n) is 11.7. The second-order valence-corrected chi connectivity index (χ2v) is 8.86. The number of methoxy groups -OCH3 is 1. The number of nitrogens with one attached hydrogen (secondary N) is 2. The maximum absolute atomic E-state index is 14.4. The third-order valence-electron chi connectivity index (χ3n) is 7.03. The van der Waals surface area contributed by atoms with Crippen LogP contribution in [0.3, 0.4) is 0 Å². The zero-order valence-electron chi connectivity index (χ0n) is 18.7. The molecule has 3 aliphatic rings. The quantitative estimate of drug-likeness (QED) is 0.750. The van der Waals surface area contributed by atoms with Gasteiger partial charge >= 0.3 is 0 Å². The number of ether oxygens (including phenoxy) is 1. The van der Waals surface area contributed by atoms with Crippen molar-refractivity contribution in [2.24, 2.45) is 0 Å². The Bertz CT molecular complexity index is 949. The fourth-order valence-electron chi connectivity index (χ4n) is 5.20. The van der Waals surface area contributed by atoms with Crippen LogP contribution in [0, 0.1) is 5.82 Å². The number of rotatable bonds is 5. The minimum absolute atomic E-state index is 0.0418. The Labute approximate surface area is 189 Å². The summed E-state index contributed by atoms with van der Waals surface area (Å²) in [7, 11) is 1.57. The first kappa shape index (κ1) is 21.2. The lowest BCUT2D eigenvalue weighted by Crippen LogP contribution is -2.52. The molecule has 2 aromatic rings. The number of pyridine rings is 1. The lowest BCUT2D eigenvalue weighted by atomic mass is 9.99. The van der Waals surface area contributed by atoms with Crippen molar-refractivity contribution in [3.8, 4) is 5.75 Å². The summed E-state index contributed by atoms with van der Waals surface area (Å²) in [5, 5.41) is 6.83. The van der Waals surface area contributed by atoms with Crippen molar-refractivity contribution < 1.29 is 9.13 Å². The summed E-state index contributed by atoms with van der Waals surface area (Å²) < 4.78 is 19.8. The Balaban J connectivity index is 1.19. The molecule has 1 aromatic heterocycles. The van der Waals surface area contributed by atoms with Crippen molar-refractivity contribution in [2.45, 2.75) is 31.3 Å². The van der Waals surface area contributed by atoms with E-state index in [0.717, 1.165) is 56.6 Å². The molecule has 1 unspecified atom stereocenters. The molecule has 4 heterocycles. The highest BCUT2D eigenvalue weighted by Crippen LogP contribution is 2.37. The van der Waals surface area contributed by atoms with Crippen LogP contribution >= 0.6 is 0 Å². The van der Waals surface area contributed by atoms with Gasteiger partial charge in [-0.05, 0) is 55.8 Å². The fraction of sp³-hybridized carbons (Fsp3) is 0.480. The number of aromatic nitrogens is 1. The van der Waals surface area contributed by atoms with Gasteiger partial charge < -0.3 is 20.3 Å². The van der Waals surface area contributed by atoms with Crippen LogP contribution in [-0.4, -0.2) is 62.3 Å². The van der Waals surface area contributed by atoms with Crippen LogP contribution in [0.2, 0.25) is 0 Å². The molecule has 0 aliphatic carbocycles. The van der Waals surface area contributed by atoms with Gasteiger partial charge in [0.15, 0.2) is 0 Å². The number of benzene rings is 1. The number of hydrogen-bond acceptors (Lipinski definition) is 6. The van der Waals surface area contributed by atoms with Crippen molar-refractivity contribution in [3.63, 3.8) is 0 Å². The van der Waals surface area contributed by atoms with E-state index in [2.05, 4.69) is 32.6 Å². The molecular formula is C25H32FN5O. The topological polar surface area (TPSA) is 52.7 Å². The summed E-state index contributed by atoms with van der Waals surface area (Å²) in [6, 6.07) is 9.99. The molecule has 7 heteroatoms. The first-order valence-corrected chi connectivity index (χ1v) is 11.7. The Morgan fingerprint density at radius 2 is 1.88 bits per heavy atom. The number of hydrogen-bond donors (Lipinski definition) is 2. The maximum Gasteiger partial charge on any atom is 0.134 e. The van der Waals surface area contributed by atoms with Crippen molar-refractivity contribution in [3.05, 3.63) is 59.8 Å². The Hall–Kier alpha value is -2.64. The zero-order valence-corrected chi connectivity index (χ0v) is 18.7. The Morgan fingerprint density at radius 3 is 2.59 bits per heavy atom. The molecular weight excluding hydrogens is 405 g/mol. The highest BCUT2D eigenvalue weighted by atomic mass is 19.1. The van der Waals surface area contributed by atoms with E-state index < -0.39 is 0 Å². The minimum atomic E-state index is -0.259. The Kier molecular flexibility index (Phi) is 6.28. The van der Waals surface area contributed by atoms with E-state index in [1.165, 1.54) is 24.6 Å². The SMILES string of the molecule is COc1cccc(F)c1C1=CNC(c2ccc(N3CCN(C4CCNCC4)CC3)cn2)C1. The predicted octanol–water partition coefficient (Wildman–Crippen LogP) is 3.18. The molecule has 32 heavy (non-hydrogen) atoms. The van der Waals surface area contributed by atoms with Gasteiger partial charge in [0, 0.05) is 44.8 Å². The predicted molar refractivity (Wildman–Crippen MR) is 125 cm³/mol. The van der Waals surface area contributed by atoms with Crippen molar-refractivity contribution >= 4 is 11.3 Å². The average Bonchev–Trinajstić information content (AvgIpc) is 3.34. The van der Waals surface area contributed by atoms with Crippen LogP contribution in [0.4, 0.5) is 10.1 Å². The van der Waals surface area contributed by atoms with E-state index >= 15 is 0 Å². The molecule has 2 fully saturated rings. The number of halogens is 1. The van der Waals surface area contributed by atoms with Crippen molar-refractivity contribution in [2.75, 3.05) is 51.3 Å². The first-order chi connectivity index (χ1) is 15.7. The van der Waals surface area contributed by atoms with Gasteiger partial charge in [-0.1, -0.05) is 6.07 Å². The normalized spacial score (nSPS) is 22.5. The average molecular weight is 438 g/mol. The van der Waals surface area contributed by atoms with Gasteiger partial charge in [0.1, 0.15) is 11.6 Å². The number of piperazine rings is 1. The summed E-state index contributed by atoms with van der Waals surface area (Å²) in [6.45, 7) is 6.62. The van der Waals surface area contributed by atoms with Gasteiger partial charge in [-0.2, -0.15) is 0 Å². The molecule has 1 aromatic carbocycles. The van der Waals surface area contributed by atoms with Crippen molar-refractivity contribution in [1.29, 1.82) is 0 Å². The molecule has 0 radical (unpaired) electrons. The zero-order chi connectivity index (χ0) is 21.9. The van der Waals surface area contributed by atoms with Gasteiger partial charge in [0.2, 0.25) is 0 Å². The van der Waals surface area contributed by atoms with E-state index in [0.29, 0.717) is 17.7 Å². The summed E-state index contributed by atoms with van der Waals surface area (Å²) in [4.78, 5) is 9.85. The maximum atomic E-state index is 14.4. The molecule has 170 valence electrons. The molecule has 6 nitrogen and oxygen atoms in total. The van der Waals surface area contributed by atoms with E-state index in [4.69, 9.17) is 9.72 Å². The molecule has 3 aliphatic heterocycles. The van der Waals surface area contributed by atoms with Gasteiger partial charge in [0.25, 0.3) is 0 Å². The highest BCUT2D eigenvalue weighted by molar-refractivity contribution is 5.73. The fourth-order valence-corrected chi connectivity index (χ4v) is 5.20. The van der Waals surface area contributed by atoms with Gasteiger partial charge in [-0.3, -0.25) is 9.88 Å². The molecule has 2 saturated heterocycles. The van der Waals surface area contributed by atoms with Crippen molar-refractivity contribution in [1.82, 2.24) is 20.5 Å². The van der Waals surface area contributed by atoms with Gasteiger partial charge in [0.05, 0.1) is 36.3 Å². The summed E-state index contributed by atoms with van der Waals surface area (Å²) in [5.74, 6) is 0.302. The molecule has 0 bridgehead atoms. The standard InChI is InChI=1S/C25H32FN5O/c1-32-24-4-2-3-21(26)25(24)18-15-23(28-16-18)22-6-5-20(17-29-22)31-13-11-30(12-14-31)19-7-9-27-10-8-19/h2-6,16-17,19,23,27-28H,7-15H2,1H3. The summed E-state index contributed by atoms with van der Waals surface area (Å²) in [5.41, 5.74) is 3.60. The number of anilines is 1. The summed E-state index contributed by atoms with van der Waals surface area (Å²) in [6.07, 6.45) is 7.08. The second-order valence-electron chi connectivity index (χ2n) is 8.86. The molecule has 2 N–H and O–H groups in total. The molecule has 0 spiro atoms. The van der Waals surface area contributed by atoms with E-state index in [1.54, 1.807) is 19.2 Å². The van der Waals surface area contributed by atoms with Gasteiger partial charge in [-0.15, -0.1) is 0 Å². The van der Waals surface area contributed by atoms with Crippen LogP contribution in [-0.2, 0) is 0 Å².